The van der Waals surface area contributed by atoms with Crippen molar-refractivity contribution in [3.05, 3.63) is 39.7 Å². The summed E-state index contributed by atoms with van der Waals surface area (Å²) in [6.07, 6.45) is 0. The van der Waals surface area contributed by atoms with E-state index in [4.69, 9.17) is 0 Å². The maximum atomic E-state index is 13.5. The van der Waals surface area contributed by atoms with Crippen LogP contribution in [0.15, 0.2) is 18.2 Å². The summed E-state index contributed by atoms with van der Waals surface area (Å²) in [5, 5.41) is 14.4. The summed E-state index contributed by atoms with van der Waals surface area (Å²) in [5.74, 6) is -0.0669. The number of nitrogens with zero attached hydrogens (tertiary/aromatic N) is 2. The molecule has 0 fully saturated rings. The van der Waals surface area contributed by atoms with Gasteiger partial charge in [-0.2, -0.15) is 0 Å². The number of rotatable bonds is 2. The number of hydrogen-bond donors (Lipinski definition) is 1. The fraction of sp³-hybridized carbons (Fsp3) is 0.357. The number of hydrogen-bond acceptors (Lipinski definition) is 4. The highest BCUT2D eigenvalue weighted by molar-refractivity contribution is 5.89. The van der Waals surface area contributed by atoms with Gasteiger partial charge in [-0.1, -0.05) is 20.8 Å². The number of benzene rings is 1. The second-order valence-electron chi connectivity index (χ2n) is 5.64. The van der Waals surface area contributed by atoms with Crippen molar-refractivity contribution in [1.82, 2.24) is 4.98 Å². The van der Waals surface area contributed by atoms with Crippen molar-refractivity contribution in [2.24, 2.45) is 0 Å². The van der Waals surface area contributed by atoms with Gasteiger partial charge in [0.15, 0.2) is 5.52 Å². The first-order valence-electron chi connectivity index (χ1n) is 6.21. The smallest absolute Gasteiger partial charge is 0.298 e. The summed E-state index contributed by atoms with van der Waals surface area (Å²) in [6, 6.07) is 3.92. The molecule has 6 heteroatoms. The van der Waals surface area contributed by atoms with Gasteiger partial charge >= 0.3 is 0 Å². The minimum atomic E-state index is -0.636. The first kappa shape index (κ1) is 14.2. The number of anilines is 1. The lowest BCUT2D eigenvalue weighted by Gasteiger charge is -2.22. The van der Waals surface area contributed by atoms with Crippen molar-refractivity contribution < 1.29 is 9.31 Å². The van der Waals surface area contributed by atoms with E-state index in [0.29, 0.717) is 11.2 Å². The molecule has 2 rings (SSSR count). The predicted octanol–water partition coefficient (Wildman–Crippen LogP) is 3.62. The first-order chi connectivity index (χ1) is 9.24. The molecular formula is C14H16FN3O2. The second kappa shape index (κ2) is 4.70. The van der Waals surface area contributed by atoms with Crippen LogP contribution in [-0.4, -0.2) is 17.0 Å². The highest BCUT2D eigenvalue weighted by atomic mass is 19.1. The number of nitro groups is 1. The Morgan fingerprint density at radius 3 is 2.45 bits per heavy atom. The van der Waals surface area contributed by atoms with Crippen LogP contribution in [0.2, 0.25) is 0 Å². The van der Waals surface area contributed by atoms with Crippen LogP contribution in [0.5, 0.6) is 0 Å². The number of fused-ring (bicyclic) bond motifs is 1. The van der Waals surface area contributed by atoms with E-state index in [1.807, 2.05) is 20.8 Å². The summed E-state index contributed by atoms with van der Waals surface area (Å²) in [5.41, 5.74) is 0.541. The molecule has 0 spiro atoms. The Labute approximate surface area is 116 Å². The molecule has 0 bridgehead atoms. The van der Waals surface area contributed by atoms with Crippen molar-refractivity contribution in [1.29, 1.82) is 0 Å². The number of nitro benzene ring substituents is 1. The van der Waals surface area contributed by atoms with E-state index in [1.165, 1.54) is 6.07 Å². The zero-order valence-electron chi connectivity index (χ0n) is 11.8. The zero-order chi connectivity index (χ0) is 15.1. The van der Waals surface area contributed by atoms with Crippen LogP contribution < -0.4 is 5.32 Å². The van der Waals surface area contributed by atoms with Gasteiger partial charge in [0.25, 0.3) is 5.69 Å². The molecule has 0 saturated carbocycles. The van der Waals surface area contributed by atoms with Gasteiger partial charge in [-0.15, -0.1) is 0 Å². The van der Waals surface area contributed by atoms with Gasteiger partial charge in [0.1, 0.15) is 11.6 Å². The molecule has 1 aromatic heterocycles. The van der Waals surface area contributed by atoms with Gasteiger partial charge in [-0.3, -0.25) is 10.1 Å². The molecule has 1 N–H and O–H groups in total. The minimum Gasteiger partial charge on any atom is -0.373 e. The van der Waals surface area contributed by atoms with E-state index in [-0.39, 0.29) is 16.6 Å². The topological polar surface area (TPSA) is 68.1 Å². The lowest BCUT2D eigenvalue weighted by molar-refractivity contribution is -0.383. The molecule has 0 aliphatic carbocycles. The van der Waals surface area contributed by atoms with E-state index < -0.39 is 10.7 Å². The van der Waals surface area contributed by atoms with Crippen LogP contribution >= 0.6 is 0 Å². The van der Waals surface area contributed by atoms with Gasteiger partial charge in [-0.05, 0) is 17.5 Å². The van der Waals surface area contributed by atoms with E-state index >= 15 is 0 Å². The largest absolute Gasteiger partial charge is 0.373 e. The summed E-state index contributed by atoms with van der Waals surface area (Å²) in [7, 11) is 1.71. The van der Waals surface area contributed by atoms with E-state index in [0.717, 1.165) is 11.6 Å². The molecule has 0 aliphatic heterocycles. The molecular weight excluding hydrogens is 261 g/mol. The Balaban J connectivity index is 2.87. The normalized spacial score (nSPS) is 11.7. The number of pyridine rings is 1. The van der Waals surface area contributed by atoms with Gasteiger partial charge in [0.2, 0.25) is 0 Å². The molecule has 2 aromatic rings. The summed E-state index contributed by atoms with van der Waals surface area (Å²) in [4.78, 5) is 14.7. The number of non-ortho nitro benzene ring substituents is 1. The average molecular weight is 277 g/mol. The third kappa shape index (κ3) is 2.41. The van der Waals surface area contributed by atoms with Crippen molar-refractivity contribution in [3.63, 3.8) is 0 Å². The fourth-order valence-electron chi connectivity index (χ4n) is 2.13. The van der Waals surface area contributed by atoms with Crippen molar-refractivity contribution in [3.8, 4) is 0 Å². The molecule has 1 heterocycles. The van der Waals surface area contributed by atoms with Crippen molar-refractivity contribution >= 4 is 22.4 Å². The van der Waals surface area contributed by atoms with Crippen molar-refractivity contribution in [2.45, 2.75) is 26.2 Å². The molecule has 20 heavy (non-hydrogen) atoms. The average Bonchev–Trinajstić information content (AvgIpc) is 2.34. The van der Waals surface area contributed by atoms with Gasteiger partial charge in [0, 0.05) is 18.0 Å². The van der Waals surface area contributed by atoms with Crippen LogP contribution in [0, 0.1) is 15.9 Å². The molecule has 0 amide bonds. The lowest BCUT2D eigenvalue weighted by Crippen LogP contribution is -2.15. The molecule has 0 radical (unpaired) electrons. The maximum Gasteiger partial charge on any atom is 0.298 e. The Hall–Kier alpha value is -2.24. The van der Waals surface area contributed by atoms with Crippen LogP contribution in [0.4, 0.5) is 15.9 Å². The fourth-order valence-corrected chi connectivity index (χ4v) is 2.13. The standard InChI is InChI=1S/C14H16FN3O2/c1-14(2,3)10-6-8-5-9(15)7-11(18(19)20)12(8)17-13(10)16-4/h5-7H,1-4H3,(H,16,17). The number of halogens is 1. The molecule has 0 saturated heterocycles. The first-order valence-corrected chi connectivity index (χ1v) is 6.21. The highest BCUT2D eigenvalue weighted by Gasteiger charge is 2.23. The number of nitrogens with one attached hydrogen (secondary N) is 1. The van der Waals surface area contributed by atoms with Crippen LogP contribution in [0.3, 0.4) is 0 Å². The summed E-state index contributed by atoms with van der Waals surface area (Å²) in [6.45, 7) is 6.01. The SMILES string of the molecule is CNc1nc2c([N+](=O)[O-])cc(F)cc2cc1C(C)(C)C. The Kier molecular flexibility index (Phi) is 3.33. The van der Waals surface area contributed by atoms with Crippen molar-refractivity contribution in [2.75, 3.05) is 12.4 Å². The Morgan fingerprint density at radius 2 is 1.95 bits per heavy atom. The molecule has 106 valence electrons. The maximum absolute atomic E-state index is 13.5. The molecule has 5 nitrogen and oxygen atoms in total. The predicted molar refractivity (Wildman–Crippen MR) is 76.6 cm³/mol. The summed E-state index contributed by atoms with van der Waals surface area (Å²) < 4.78 is 13.5. The minimum absolute atomic E-state index is 0.189. The lowest BCUT2D eigenvalue weighted by atomic mass is 9.86. The van der Waals surface area contributed by atoms with Gasteiger partial charge in [-0.25, -0.2) is 9.37 Å². The third-order valence-corrected chi connectivity index (χ3v) is 3.10. The van der Waals surface area contributed by atoms with Crippen LogP contribution in [-0.2, 0) is 5.41 Å². The van der Waals surface area contributed by atoms with Gasteiger partial charge in [0.05, 0.1) is 11.0 Å². The Bertz CT molecular complexity index is 693. The molecule has 0 atom stereocenters. The number of aromatic nitrogens is 1. The third-order valence-electron chi connectivity index (χ3n) is 3.10. The van der Waals surface area contributed by atoms with E-state index in [1.54, 1.807) is 13.1 Å². The van der Waals surface area contributed by atoms with E-state index in [9.17, 15) is 14.5 Å². The molecule has 0 aliphatic rings. The Morgan fingerprint density at radius 1 is 1.30 bits per heavy atom. The quantitative estimate of drug-likeness (QED) is 0.672. The van der Waals surface area contributed by atoms with Gasteiger partial charge < -0.3 is 5.32 Å². The summed E-state index contributed by atoms with van der Waals surface area (Å²) >= 11 is 0. The van der Waals surface area contributed by atoms with Crippen LogP contribution in [0.1, 0.15) is 26.3 Å². The van der Waals surface area contributed by atoms with E-state index in [2.05, 4.69) is 10.3 Å². The zero-order valence-corrected chi connectivity index (χ0v) is 11.8. The highest BCUT2D eigenvalue weighted by Crippen LogP contribution is 2.34. The second-order valence-corrected chi connectivity index (χ2v) is 5.64. The molecule has 0 unspecified atom stereocenters. The monoisotopic (exact) mass is 277 g/mol. The molecule has 1 aromatic carbocycles. The van der Waals surface area contributed by atoms with Crippen LogP contribution in [0.25, 0.3) is 10.9 Å².